The van der Waals surface area contributed by atoms with Gasteiger partial charge in [-0.3, -0.25) is 4.79 Å². The van der Waals surface area contributed by atoms with Gasteiger partial charge in [0.15, 0.2) is 0 Å². The lowest BCUT2D eigenvalue weighted by atomic mass is 10.1. The molecule has 0 fully saturated rings. The van der Waals surface area contributed by atoms with Crippen LogP contribution in [0.25, 0.3) is 0 Å². The Kier molecular flexibility index (Phi) is 14.7. The third kappa shape index (κ3) is 16.7. The van der Waals surface area contributed by atoms with Crippen molar-refractivity contribution in [2.75, 3.05) is 0 Å². The monoisotopic (exact) mass is 278 g/mol. The highest BCUT2D eigenvalue weighted by molar-refractivity contribution is 5.66. The van der Waals surface area contributed by atoms with Crippen LogP contribution in [0, 0.1) is 0 Å². The first-order chi connectivity index (χ1) is 9.77. The second kappa shape index (κ2) is 15.7. The van der Waals surface area contributed by atoms with Gasteiger partial charge in [-0.05, 0) is 32.1 Å². The molecule has 1 N–H and O–H groups in total. The minimum Gasteiger partial charge on any atom is -0.481 e. The lowest BCUT2D eigenvalue weighted by Crippen LogP contribution is -1.93. The number of carboxylic acids is 1. The molecule has 0 rings (SSSR count). The molecule has 0 unspecified atom stereocenters. The van der Waals surface area contributed by atoms with Crippen LogP contribution in [0.4, 0.5) is 0 Å². The Bertz CT molecular complexity index is 301. The normalized spacial score (nSPS) is 12.1. The van der Waals surface area contributed by atoms with Crippen molar-refractivity contribution in [3.05, 3.63) is 36.5 Å². The van der Waals surface area contributed by atoms with Crippen molar-refractivity contribution in [2.24, 2.45) is 0 Å². The van der Waals surface area contributed by atoms with Crippen LogP contribution in [0.2, 0.25) is 0 Å². The van der Waals surface area contributed by atoms with Gasteiger partial charge in [-0.15, -0.1) is 0 Å². The molecule has 0 aliphatic heterocycles. The molecule has 20 heavy (non-hydrogen) atoms. The number of carbonyl (C=O) groups is 1. The molecule has 114 valence electrons. The molecule has 0 saturated heterocycles. The molecular formula is C18H30O2. The number of aliphatic carboxylic acids is 1. The van der Waals surface area contributed by atoms with Gasteiger partial charge in [0.05, 0.1) is 0 Å². The number of rotatable bonds is 13. The Balaban J connectivity index is 3.32. The Hall–Kier alpha value is -1.31. The van der Waals surface area contributed by atoms with E-state index in [4.69, 9.17) is 5.11 Å². The van der Waals surface area contributed by atoms with Gasteiger partial charge in [0.25, 0.3) is 0 Å². The lowest BCUT2D eigenvalue weighted by Gasteiger charge is -1.96. The number of hydrogen-bond donors (Lipinski definition) is 1. The van der Waals surface area contributed by atoms with Crippen molar-refractivity contribution >= 4 is 5.97 Å². The number of hydrogen-bond acceptors (Lipinski definition) is 1. The standard InChI is InChI=1S/C18H30O2/c1-2-3-4-5-6-7-8-9-10-11-12-13-14-15-16-17-18(19)20/h6-11H,2-5,12-17H2,1H3,(H,19,20)/b7-6-,9-8-,11-10+. The van der Waals surface area contributed by atoms with Crippen molar-refractivity contribution in [1.29, 1.82) is 0 Å². The third-order valence-electron chi connectivity index (χ3n) is 3.09. The largest absolute Gasteiger partial charge is 0.481 e. The highest BCUT2D eigenvalue weighted by atomic mass is 16.4. The molecule has 0 atom stereocenters. The summed E-state index contributed by atoms with van der Waals surface area (Å²) in [5.41, 5.74) is 0. The fourth-order valence-electron chi connectivity index (χ4n) is 1.88. The van der Waals surface area contributed by atoms with Gasteiger partial charge in [0.1, 0.15) is 0 Å². The lowest BCUT2D eigenvalue weighted by molar-refractivity contribution is -0.137. The van der Waals surface area contributed by atoms with Gasteiger partial charge >= 0.3 is 5.97 Å². The quantitative estimate of drug-likeness (QED) is 0.348. The Labute approximate surface area is 124 Å². The Morgan fingerprint density at radius 1 is 0.800 bits per heavy atom. The molecule has 0 bridgehead atoms. The van der Waals surface area contributed by atoms with Crippen LogP contribution in [-0.2, 0) is 4.79 Å². The van der Waals surface area contributed by atoms with Gasteiger partial charge in [-0.2, -0.15) is 0 Å². The second-order valence-electron chi connectivity index (χ2n) is 5.08. The first kappa shape index (κ1) is 18.7. The van der Waals surface area contributed by atoms with E-state index in [0.717, 1.165) is 32.1 Å². The van der Waals surface area contributed by atoms with E-state index < -0.39 is 5.97 Å². The molecule has 0 aliphatic rings. The van der Waals surface area contributed by atoms with Crippen LogP contribution < -0.4 is 0 Å². The predicted octanol–water partition coefficient (Wildman–Crippen LogP) is 5.66. The molecular weight excluding hydrogens is 248 g/mol. The van der Waals surface area contributed by atoms with E-state index in [1.165, 1.54) is 25.7 Å². The summed E-state index contributed by atoms with van der Waals surface area (Å²) in [5, 5.41) is 8.49. The van der Waals surface area contributed by atoms with E-state index in [9.17, 15) is 4.79 Å². The van der Waals surface area contributed by atoms with E-state index in [1.54, 1.807) is 0 Å². The summed E-state index contributed by atoms with van der Waals surface area (Å²) in [6.07, 6.45) is 23.3. The van der Waals surface area contributed by atoms with Gasteiger partial charge in [0, 0.05) is 6.42 Å². The van der Waals surface area contributed by atoms with Crippen molar-refractivity contribution in [3.8, 4) is 0 Å². The average Bonchev–Trinajstić information content (AvgIpc) is 2.43. The Morgan fingerprint density at radius 2 is 1.35 bits per heavy atom. The first-order valence-corrected chi connectivity index (χ1v) is 7.97. The van der Waals surface area contributed by atoms with Crippen molar-refractivity contribution in [2.45, 2.75) is 71.1 Å². The summed E-state index contributed by atoms with van der Waals surface area (Å²) in [5.74, 6) is -0.683. The van der Waals surface area contributed by atoms with Crippen molar-refractivity contribution < 1.29 is 9.90 Å². The highest BCUT2D eigenvalue weighted by Gasteiger charge is 1.95. The fraction of sp³-hybridized carbons (Fsp3) is 0.611. The summed E-state index contributed by atoms with van der Waals surface area (Å²) in [7, 11) is 0. The topological polar surface area (TPSA) is 37.3 Å². The Morgan fingerprint density at radius 3 is 1.90 bits per heavy atom. The van der Waals surface area contributed by atoms with E-state index in [0.29, 0.717) is 6.42 Å². The van der Waals surface area contributed by atoms with E-state index in [2.05, 4.69) is 43.4 Å². The van der Waals surface area contributed by atoms with E-state index in [1.807, 2.05) is 0 Å². The van der Waals surface area contributed by atoms with Gasteiger partial charge in [-0.1, -0.05) is 69.1 Å². The number of unbranched alkanes of at least 4 members (excludes halogenated alkanes) is 7. The average molecular weight is 278 g/mol. The molecule has 0 saturated carbocycles. The molecule has 0 spiro atoms. The summed E-state index contributed by atoms with van der Waals surface area (Å²) in [6.45, 7) is 2.22. The summed E-state index contributed by atoms with van der Waals surface area (Å²) >= 11 is 0. The van der Waals surface area contributed by atoms with E-state index >= 15 is 0 Å². The molecule has 0 aliphatic carbocycles. The molecule has 2 nitrogen and oxygen atoms in total. The zero-order valence-electron chi connectivity index (χ0n) is 12.9. The minimum absolute atomic E-state index is 0.309. The minimum atomic E-state index is -0.683. The maximum atomic E-state index is 10.3. The summed E-state index contributed by atoms with van der Waals surface area (Å²) < 4.78 is 0. The molecule has 0 aromatic carbocycles. The predicted molar refractivity (Wildman–Crippen MR) is 86.9 cm³/mol. The van der Waals surface area contributed by atoms with Crippen LogP contribution in [-0.4, -0.2) is 11.1 Å². The molecule has 0 aromatic rings. The smallest absolute Gasteiger partial charge is 0.303 e. The molecule has 0 aromatic heterocycles. The van der Waals surface area contributed by atoms with Gasteiger partial charge in [0.2, 0.25) is 0 Å². The first-order valence-electron chi connectivity index (χ1n) is 7.97. The zero-order chi connectivity index (χ0) is 14.9. The molecule has 0 amide bonds. The molecule has 2 heteroatoms. The van der Waals surface area contributed by atoms with Crippen molar-refractivity contribution in [3.63, 3.8) is 0 Å². The fourth-order valence-corrected chi connectivity index (χ4v) is 1.88. The van der Waals surface area contributed by atoms with Crippen molar-refractivity contribution in [1.82, 2.24) is 0 Å². The SMILES string of the molecule is CCCCC\C=C/C=C\C=C\CCCCCCC(=O)O. The second-order valence-corrected chi connectivity index (χ2v) is 5.08. The maximum absolute atomic E-state index is 10.3. The van der Waals surface area contributed by atoms with Gasteiger partial charge < -0.3 is 5.11 Å². The highest BCUT2D eigenvalue weighted by Crippen LogP contribution is 2.06. The number of allylic oxidation sites excluding steroid dienone is 6. The van der Waals surface area contributed by atoms with Crippen LogP contribution in [0.15, 0.2) is 36.5 Å². The molecule has 0 radical (unpaired) electrons. The number of carboxylic acid groups (broad SMARTS) is 1. The van der Waals surface area contributed by atoms with Gasteiger partial charge in [-0.25, -0.2) is 0 Å². The van der Waals surface area contributed by atoms with Crippen LogP contribution in [0.1, 0.15) is 71.1 Å². The van der Waals surface area contributed by atoms with Crippen LogP contribution in [0.5, 0.6) is 0 Å². The molecule has 0 heterocycles. The van der Waals surface area contributed by atoms with Crippen LogP contribution >= 0.6 is 0 Å². The van der Waals surface area contributed by atoms with E-state index in [-0.39, 0.29) is 0 Å². The summed E-state index contributed by atoms with van der Waals surface area (Å²) in [6, 6.07) is 0. The van der Waals surface area contributed by atoms with Crippen LogP contribution in [0.3, 0.4) is 0 Å². The summed E-state index contributed by atoms with van der Waals surface area (Å²) in [4.78, 5) is 10.3. The zero-order valence-corrected chi connectivity index (χ0v) is 12.9. The third-order valence-corrected chi connectivity index (χ3v) is 3.09. The maximum Gasteiger partial charge on any atom is 0.303 e.